The molecule has 1 amide bonds. The normalized spacial score (nSPS) is 11.1. The van der Waals surface area contributed by atoms with Gasteiger partial charge in [0, 0.05) is 22.7 Å². The van der Waals surface area contributed by atoms with Crippen LogP contribution in [0.1, 0.15) is 12.5 Å². The quantitative estimate of drug-likeness (QED) is 0.833. The van der Waals surface area contributed by atoms with Gasteiger partial charge in [-0.1, -0.05) is 11.6 Å². The Balaban J connectivity index is 3.00. The lowest BCUT2D eigenvalue weighted by molar-refractivity contribution is -0.132. The molecule has 102 valence electrons. The third-order valence-electron chi connectivity index (χ3n) is 2.42. The molecule has 0 saturated heterocycles. The number of nitrogens with one attached hydrogen (secondary N) is 1. The number of hydrogen-bond acceptors (Lipinski definition) is 3. The number of benzene rings is 1. The zero-order valence-corrected chi connectivity index (χ0v) is 11.5. The molecule has 2 N–H and O–H groups in total. The van der Waals surface area contributed by atoms with Gasteiger partial charge in [0.2, 0.25) is 5.91 Å². The van der Waals surface area contributed by atoms with Crippen molar-refractivity contribution in [2.45, 2.75) is 13.8 Å². The fraction of sp³-hybridized carbons (Fsp3) is 0.231. The highest BCUT2D eigenvalue weighted by molar-refractivity contribution is 6.31. The van der Waals surface area contributed by atoms with E-state index >= 15 is 0 Å². The Kier molecular flexibility index (Phi) is 4.94. The van der Waals surface area contributed by atoms with Crippen LogP contribution in [-0.4, -0.2) is 24.1 Å². The van der Waals surface area contributed by atoms with Crippen molar-refractivity contribution < 1.29 is 19.4 Å². The predicted molar refractivity (Wildman–Crippen MR) is 72.8 cm³/mol. The van der Waals surface area contributed by atoms with E-state index in [4.69, 9.17) is 21.4 Å². The van der Waals surface area contributed by atoms with Gasteiger partial charge in [0.05, 0.1) is 12.8 Å². The van der Waals surface area contributed by atoms with Crippen LogP contribution in [0, 0.1) is 6.92 Å². The highest BCUT2D eigenvalue weighted by Crippen LogP contribution is 2.30. The van der Waals surface area contributed by atoms with Crippen molar-refractivity contribution >= 4 is 29.2 Å². The predicted octanol–water partition coefficient (Wildman–Crippen LogP) is 2.63. The monoisotopic (exact) mass is 283 g/mol. The van der Waals surface area contributed by atoms with Crippen LogP contribution < -0.4 is 10.1 Å². The third kappa shape index (κ3) is 3.99. The van der Waals surface area contributed by atoms with Crippen LogP contribution in [0.4, 0.5) is 5.69 Å². The summed E-state index contributed by atoms with van der Waals surface area (Å²) in [6.07, 6.45) is 1.01. The Hall–Kier alpha value is -2.01. The second kappa shape index (κ2) is 6.24. The molecule has 6 heteroatoms. The van der Waals surface area contributed by atoms with Gasteiger partial charge < -0.3 is 15.2 Å². The van der Waals surface area contributed by atoms with Crippen molar-refractivity contribution in [3.8, 4) is 5.75 Å². The number of carbonyl (C=O) groups excluding carboxylic acids is 1. The maximum absolute atomic E-state index is 11.7. The molecule has 0 radical (unpaired) electrons. The molecule has 0 aliphatic heterocycles. The molecular formula is C13H14ClNO4. The summed E-state index contributed by atoms with van der Waals surface area (Å²) in [4.78, 5) is 22.3. The molecule has 0 atom stereocenters. The van der Waals surface area contributed by atoms with Crippen LogP contribution in [0.5, 0.6) is 5.75 Å². The molecule has 0 bridgehead atoms. The first-order chi connectivity index (χ1) is 8.85. The molecular weight excluding hydrogens is 270 g/mol. The zero-order valence-electron chi connectivity index (χ0n) is 10.8. The molecule has 0 aliphatic carbocycles. The molecule has 0 heterocycles. The SMILES string of the molecule is COc1cc(Cl)c(C)cc1NC(=O)/C=C(\C)C(=O)O. The summed E-state index contributed by atoms with van der Waals surface area (Å²) in [5.74, 6) is -1.28. The molecule has 1 aromatic carbocycles. The van der Waals surface area contributed by atoms with E-state index in [0.29, 0.717) is 16.5 Å². The first kappa shape index (κ1) is 15.0. The molecule has 1 aromatic rings. The minimum atomic E-state index is -1.14. The van der Waals surface area contributed by atoms with Gasteiger partial charge in [0.1, 0.15) is 5.75 Å². The number of halogens is 1. The molecule has 0 fully saturated rings. The Bertz CT molecular complexity index is 552. The zero-order chi connectivity index (χ0) is 14.6. The Morgan fingerprint density at radius 3 is 2.58 bits per heavy atom. The van der Waals surface area contributed by atoms with Gasteiger partial charge >= 0.3 is 5.97 Å². The number of anilines is 1. The standard InChI is InChI=1S/C13H14ClNO4/c1-7-4-10(11(19-3)6-9(7)14)15-12(16)5-8(2)13(17)18/h4-6H,1-3H3,(H,15,16)(H,17,18)/b8-5+. The van der Waals surface area contributed by atoms with Crippen LogP contribution in [0.25, 0.3) is 0 Å². The molecule has 0 aromatic heterocycles. The number of aliphatic carboxylic acids is 1. The molecule has 0 spiro atoms. The maximum atomic E-state index is 11.7. The largest absolute Gasteiger partial charge is 0.495 e. The number of hydrogen-bond donors (Lipinski definition) is 2. The topological polar surface area (TPSA) is 75.6 Å². The van der Waals surface area contributed by atoms with Gasteiger partial charge in [-0.25, -0.2) is 4.79 Å². The van der Waals surface area contributed by atoms with Crippen molar-refractivity contribution in [1.29, 1.82) is 0 Å². The van der Waals surface area contributed by atoms with Crippen molar-refractivity contribution in [1.82, 2.24) is 0 Å². The Morgan fingerprint density at radius 2 is 2.05 bits per heavy atom. The molecule has 0 saturated carbocycles. The number of rotatable bonds is 4. The van der Waals surface area contributed by atoms with Crippen LogP contribution >= 0.6 is 11.6 Å². The number of ether oxygens (including phenoxy) is 1. The van der Waals surface area contributed by atoms with Crippen molar-refractivity contribution in [3.05, 3.63) is 34.4 Å². The van der Waals surface area contributed by atoms with E-state index < -0.39 is 11.9 Å². The summed E-state index contributed by atoms with van der Waals surface area (Å²) in [6.45, 7) is 3.13. The van der Waals surface area contributed by atoms with Gasteiger partial charge in [0.25, 0.3) is 0 Å². The van der Waals surface area contributed by atoms with Gasteiger partial charge in [0.15, 0.2) is 0 Å². The highest BCUT2D eigenvalue weighted by atomic mass is 35.5. The minimum Gasteiger partial charge on any atom is -0.495 e. The van der Waals surface area contributed by atoms with Crippen molar-refractivity contribution in [2.75, 3.05) is 12.4 Å². The molecule has 0 unspecified atom stereocenters. The average Bonchev–Trinajstić information content (AvgIpc) is 2.33. The van der Waals surface area contributed by atoms with Crippen LogP contribution in [-0.2, 0) is 9.59 Å². The molecule has 0 aliphatic rings. The lowest BCUT2D eigenvalue weighted by Crippen LogP contribution is -2.11. The van der Waals surface area contributed by atoms with Gasteiger partial charge in [-0.05, 0) is 25.5 Å². The first-order valence-electron chi connectivity index (χ1n) is 5.42. The second-order valence-corrected chi connectivity index (χ2v) is 4.33. The van der Waals surface area contributed by atoms with Crippen LogP contribution in [0.15, 0.2) is 23.8 Å². The summed E-state index contributed by atoms with van der Waals surface area (Å²) in [5.41, 5.74) is 1.16. The number of carboxylic acids is 1. The Labute approximate surface area is 115 Å². The van der Waals surface area contributed by atoms with E-state index in [1.54, 1.807) is 19.1 Å². The summed E-state index contributed by atoms with van der Waals surface area (Å²) in [7, 11) is 1.45. The lowest BCUT2D eigenvalue weighted by Gasteiger charge is -2.11. The van der Waals surface area contributed by atoms with E-state index in [9.17, 15) is 9.59 Å². The van der Waals surface area contributed by atoms with Crippen molar-refractivity contribution in [2.24, 2.45) is 0 Å². The van der Waals surface area contributed by atoms with Crippen molar-refractivity contribution in [3.63, 3.8) is 0 Å². The van der Waals surface area contributed by atoms with E-state index in [1.165, 1.54) is 14.0 Å². The smallest absolute Gasteiger partial charge is 0.331 e. The number of amides is 1. The van der Waals surface area contributed by atoms with E-state index in [2.05, 4.69) is 5.32 Å². The van der Waals surface area contributed by atoms with Crippen LogP contribution in [0.3, 0.4) is 0 Å². The summed E-state index contributed by atoms with van der Waals surface area (Å²) in [5, 5.41) is 11.8. The highest BCUT2D eigenvalue weighted by Gasteiger charge is 2.10. The third-order valence-corrected chi connectivity index (χ3v) is 2.83. The summed E-state index contributed by atoms with van der Waals surface area (Å²) < 4.78 is 5.10. The number of aryl methyl sites for hydroxylation is 1. The van der Waals surface area contributed by atoms with E-state index in [-0.39, 0.29) is 5.57 Å². The fourth-order valence-electron chi connectivity index (χ4n) is 1.36. The van der Waals surface area contributed by atoms with E-state index in [0.717, 1.165) is 11.6 Å². The maximum Gasteiger partial charge on any atom is 0.331 e. The average molecular weight is 284 g/mol. The summed E-state index contributed by atoms with van der Waals surface area (Å²) >= 11 is 5.94. The second-order valence-electron chi connectivity index (χ2n) is 3.92. The van der Waals surface area contributed by atoms with E-state index in [1.807, 2.05) is 0 Å². The molecule has 5 nitrogen and oxygen atoms in total. The number of carbonyl (C=O) groups is 2. The Morgan fingerprint density at radius 1 is 1.42 bits per heavy atom. The van der Waals surface area contributed by atoms with Gasteiger partial charge in [-0.15, -0.1) is 0 Å². The minimum absolute atomic E-state index is 0.0536. The van der Waals surface area contributed by atoms with Gasteiger partial charge in [-0.3, -0.25) is 4.79 Å². The molecule has 1 rings (SSSR count). The number of carboxylic acid groups (broad SMARTS) is 1. The first-order valence-corrected chi connectivity index (χ1v) is 5.79. The van der Waals surface area contributed by atoms with Gasteiger partial charge in [-0.2, -0.15) is 0 Å². The summed E-state index contributed by atoms with van der Waals surface area (Å²) in [6, 6.07) is 3.24. The lowest BCUT2D eigenvalue weighted by atomic mass is 10.2. The molecule has 19 heavy (non-hydrogen) atoms. The fourth-order valence-corrected chi connectivity index (χ4v) is 1.51. The number of methoxy groups -OCH3 is 1. The van der Waals surface area contributed by atoms with Crippen LogP contribution in [0.2, 0.25) is 5.02 Å².